The molecule has 0 atom stereocenters. The molecule has 1 N–H and O–H groups in total. The minimum absolute atomic E-state index is 0.322. The quantitative estimate of drug-likeness (QED) is 0.408. The van der Waals surface area contributed by atoms with Gasteiger partial charge in [-0.15, -0.1) is 11.3 Å². The molecule has 29 heavy (non-hydrogen) atoms. The summed E-state index contributed by atoms with van der Waals surface area (Å²) >= 11 is 1.40. The van der Waals surface area contributed by atoms with E-state index in [4.69, 9.17) is 0 Å². The van der Waals surface area contributed by atoms with Crippen LogP contribution in [0.3, 0.4) is 0 Å². The molecule has 2 aromatic carbocycles. The van der Waals surface area contributed by atoms with E-state index >= 15 is 0 Å². The number of hydrogen-bond donors (Lipinski definition) is 1. The summed E-state index contributed by atoms with van der Waals surface area (Å²) < 4.78 is 27.3. The molecule has 5 rings (SSSR count). The summed E-state index contributed by atoms with van der Waals surface area (Å²) in [5.74, 6) is -0.968. The topological polar surface area (TPSA) is 54.5 Å². The lowest BCUT2D eigenvalue weighted by Gasteiger charge is -2.06. The van der Waals surface area contributed by atoms with Crippen LogP contribution in [0.4, 0.5) is 8.78 Å². The van der Waals surface area contributed by atoms with Gasteiger partial charge in [0, 0.05) is 28.7 Å². The van der Waals surface area contributed by atoms with Crippen LogP contribution in [0, 0.1) is 11.6 Å². The number of nitrogens with one attached hydrogen (secondary N) is 1. The number of para-hydroxylation sites is 1. The number of thiazole rings is 1. The van der Waals surface area contributed by atoms with Gasteiger partial charge in [0.15, 0.2) is 5.82 Å². The third-order valence-corrected chi connectivity index (χ3v) is 5.64. The van der Waals surface area contributed by atoms with Crippen LogP contribution in [0.15, 0.2) is 54.2 Å². The zero-order valence-corrected chi connectivity index (χ0v) is 16.1. The number of halogens is 2. The van der Waals surface area contributed by atoms with E-state index in [2.05, 4.69) is 32.1 Å². The molecular weight excluding hydrogens is 390 g/mol. The van der Waals surface area contributed by atoms with Crippen LogP contribution in [0.2, 0.25) is 0 Å². The van der Waals surface area contributed by atoms with Gasteiger partial charge in [0.25, 0.3) is 0 Å². The fourth-order valence-corrected chi connectivity index (χ4v) is 4.27. The van der Waals surface area contributed by atoms with Crippen LogP contribution in [-0.4, -0.2) is 19.9 Å². The molecule has 3 aromatic heterocycles. The van der Waals surface area contributed by atoms with E-state index < -0.39 is 11.6 Å². The van der Waals surface area contributed by atoms with E-state index in [-0.39, 0.29) is 0 Å². The van der Waals surface area contributed by atoms with Crippen LogP contribution < -0.4 is 0 Å². The Labute approximate surface area is 169 Å². The molecule has 0 amide bonds. The number of H-pyrrole nitrogens is 1. The number of nitrogens with zero attached hydrogens (tertiary/aromatic N) is 3. The summed E-state index contributed by atoms with van der Waals surface area (Å²) in [6, 6.07) is 11.6. The number of aromatic nitrogens is 4. The largest absolute Gasteiger partial charge is 0.361 e. The molecular formula is C22H16F2N4S. The van der Waals surface area contributed by atoms with Crippen molar-refractivity contribution in [3.63, 3.8) is 0 Å². The van der Waals surface area contributed by atoms with Crippen molar-refractivity contribution in [1.82, 2.24) is 19.9 Å². The van der Waals surface area contributed by atoms with E-state index in [1.165, 1.54) is 34.4 Å². The minimum Gasteiger partial charge on any atom is -0.361 e. The monoisotopic (exact) mass is 406 g/mol. The van der Waals surface area contributed by atoms with Gasteiger partial charge in [-0.3, -0.25) is 0 Å². The van der Waals surface area contributed by atoms with Gasteiger partial charge in [0.05, 0.1) is 11.2 Å². The highest BCUT2D eigenvalue weighted by Crippen LogP contribution is 2.26. The SMILES string of the molecule is Fc1cc(F)cc(-c2nc(CCCc3c[nH]c4ccccc34)c3ncsc3n2)c1. The van der Waals surface area contributed by atoms with Crippen LogP contribution in [0.1, 0.15) is 17.7 Å². The fourth-order valence-electron chi connectivity index (χ4n) is 3.59. The van der Waals surface area contributed by atoms with Crippen molar-refractivity contribution in [2.75, 3.05) is 0 Å². The van der Waals surface area contributed by atoms with E-state index in [0.29, 0.717) is 17.8 Å². The van der Waals surface area contributed by atoms with Gasteiger partial charge >= 0.3 is 0 Å². The Balaban J connectivity index is 1.44. The van der Waals surface area contributed by atoms with Crippen molar-refractivity contribution in [3.05, 3.63) is 77.1 Å². The molecule has 0 spiro atoms. The number of aromatic amines is 1. The van der Waals surface area contributed by atoms with Gasteiger partial charge in [0.2, 0.25) is 0 Å². The third kappa shape index (κ3) is 3.49. The lowest BCUT2D eigenvalue weighted by molar-refractivity contribution is 0.584. The molecule has 7 heteroatoms. The van der Waals surface area contributed by atoms with Crippen molar-refractivity contribution >= 4 is 32.6 Å². The van der Waals surface area contributed by atoms with Gasteiger partial charge in [-0.25, -0.2) is 23.7 Å². The van der Waals surface area contributed by atoms with Crippen molar-refractivity contribution in [2.45, 2.75) is 19.3 Å². The van der Waals surface area contributed by atoms with Gasteiger partial charge in [0.1, 0.15) is 22.0 Å². The molecule has 5 aromatic rings. The van der Waals surface area contributed by atoms with Crippen LogP contribution in [-0.2, 0) is 12.8 Å². The van der Waals surface area contributed by atoms with Gasteiger partial charge in [-0.05, 0) is 43.0 Å². The molecule has 0 radical (unpaired) electrons. The maximum absolute atomic E-state index is 13.6. The highest BCUT2D eigenvalue weighted by Gasteiger charge is 2.14. The van der Waals surface area contributed by atoms with Crippen LogP contribution in [0.25, 0.3) is 32.6 Å². The molecule has 0 aliphatic heterocycles. The molecule has 0 saturated carbocycles. The number of benzene rings is 2. The lowest BCUT2D eigenvalue weighted by atomic mass is 10.1. The number of aryl methyl sites for hydroxylation is 2. The second-order valence-corrected chi connectivity index (χ2v) is 7.70. The zero-order chi connectivity index (χ0) is 19.8. The van der Waals surface area contributed by atoms with Gasteiger partial charge < -0.3 is 4.98 Å². The Hall–Kier alpha value is -3.19. The molecule has 3 heterocycles. The predicted molar refractivity (Wildman–Crippen MR) is 111 cm³/mol. The molecule has 144 valence electrons. The average Bonchev–Trinajstić information content (AvgIpc) is 3.34. The lowest BCUT2D eigenvalue weighted by Crippen LogP contribution is -1.99. The second kappa shape index (κ2) is 7.33. The average molecular weight is 406 g/mol. The highest BCUT2D eigenvalue weighted by molar-refractivity contribution is 7.16. The Kier molecular flexibility index (Phi) is 4.52. The molecule has 0 bridgehead atoms. The van der Waals surface area contributed by atoms with E-state index in [0.717, 1.165) is 40.5 Å². The summed E-state index contributed by atoms with van der Waals surface area (Å²) in [4.78, 5) is 17.5. The Bertz CT molecular complexity index is 1300. The van der Waals surface area contributed by atoms with Crippen LogP contribution in [0.5, 0.6) is 0 Å². The normalized spacial score (nSPS) is 11.5. The molecule has 0 fully saturated rings. The van der Waals surface area contributed by atoms with Gasteiger partial charge in [-0.2, -0.15) is 0 Å². The Morgan fingerprint density at radius 2 is 1.79 bits per heavy atom. The van der Waals surface area contributed by atoms with E-state index in [1.54, 1.807) is 5.51 Å². The summed E-state index contributed by atoms with van der Waals surface area (Å²) in [7, 11) is 0. The predicted octanol–water partition coefficient (Wildman–Crippen LogP) is 5.69. The maximum atomic E-state index is 13.6. The maximum Gasteiger partial charge on any atom is 0.161 e. The second-order valence-electron chi connectivity index (χ2n) is 6.87. The van der Waals surface area contributed by atoms with Crippen molar-refractivity contribution in [3.8, 4) is 11.4 Å². The van der Waals surface area contributed by atoms with E-state index in [9.17, 15) is 8.78 Å². The molecule has 0 unspecified atom stereocenters. The first-order valence-corrected chi connectivity index (χ1v) is 10.2. The number of rotatable bonds is 5. The fraction of sp³-hybridized carbons (Fsp3) is 0.136. The summed E-state index contributed by atoms with van der Waals surface area (Å²) in [6.07, 6.45) is 4.52. The first-order valence-electron chi connectivity index (χ1n) is 9.29. The first kappa shape index (κ1) is 17.9. The molecule has 0 aliphatic carbocycles. The van der Waals surface area contributed by atoms with Crippen molar-refractivity contribution < 1.29 is 8.78 Å². The zero-order valence-electron chi connectivity index (χ0n) is 15.3. The summed E-state index contributed by atoms with van der Waals surface area (Å²) in [5.41, 5.74) is 6.00. The van der Waals surface area contributed by atoms with Crippen molar-refractivity contribution in [2.24, 2.45) is 0 Å². The molecule has 0 aliphatic rings. The Morgan fingerprint density at radius 1 is 0.966 bits per heavy atom. The highest BCUT2D eigenvalue weighted by atomic mass is 32.1. The third-order valence-electron chi connectivity index (χ3n) is 4.93. The minimum atomic E-state index is -0.645. The smallest absolute Gasteiger partial charge is 0.161 e. The standard InChI is InChI=1S/C22H16F2N4S/c23-15-8-14(9-16(24)10-15)21-27-19(20-22(28-21)29-12-26-20)7-3-4-13-11-25-18-6-2-1-5-17(13)18/h1-2,5-6,8-12,25H,3-4,7H2. The number of hydrogen-bond acceptors (Lipinski definition) is 4. The number of fused-ring (bicyclic) bond motifs is 2. The molecule has 4 nitrogen and oxygen atoms in total. The van der Waals surface area contributed by atoms with Crippen LogP contribution >= 0.6 is 11.3 Å². The van der Waals surface area contributed by atoms with E-state index in [1.807, 2.05) is 18.3 Å². The van der Waals surface area contributed by atoms with Crippen molar-refractivity contribution in [1.29, 1.82) is 0 Å². The summed E-state index contributed by atoms with van der Waals surface area (Å²) in [5, 5.41) is 1.23. The van der Waals surface area contributed by atoms with Gasteiger partial charge in [-0.1, -0.05) is 18.2 Å². The first-order chi connectivity index (χ1) is 14.2. The Morgan fingerprint density at radius 3 is 2.66 bits per heavy atom. The molecule has 0 saturated heterocycles. The summed E-state index contributed by atoms with van der Waals surface area (Å²) in [6.45, 7) is 0.